The van der Waals surface area contributed by atoms with Crippen molar-refractivity contribution in [3.8, 4) is 0 Å². The highest BCUT2D eigenvalue weighted by molar-refractivity contribution is 5.70. The lowest BCUT2D eigenvalue weighted by Crippen LogP contribution is -2.30. The van der Waals surface area contributed by atoms with E-state index in [1.165, 1.54) is 128 Å². The van der Waals surface area contributed by atoms with E-state index < -0.39 is 6.10 Å². The highest BCUT2D eigenvalue weighted by Gasteiger charge is 2.17. The van der Waals surface area contributed by atoms with Crippen LogP contribution in [0.2, 0.25) is 0 Å². The Bertz CT molecular complexity index is 1300. The minimum Gasteiger partial charge on any atom is -0.462 e. The number of esters is 2. The third-order valence-corrected chi connectivity index (χ3v) is 12.1. The SMILES string of the molecule is CC/C=C\C/C=C\C/C=C\CCCCCCOCC(COC(=O)CCCCCCCC/C=C\C/C=C\C/C=C\CCCCC)OC(=O)CCCCCCCCCCC/C=C\C/C=C\CCCCC. The fourth-order valence-corrected chi connectivity index (χ4v) is 7.80. The first-order valence-corrected chi connectivity index (χ1v) is 28.8. The Morgan fingerprint density at radius 2 is 0.662 bits per heavy atom. The molecule has 0 amide bonds. The van der Waals surface area contributed by atoms with E-state index in [2.05, 4.69) is 118 Å². The molecule has 0 aliphatic rings. The Morgan fingerprint density at radius 3 is 1.06 bits per heavy atom. The van der Waals surface area contributed by atoms with Gasteiger partial charge in [0.2, 0.25) is 0 Å². The van der Waals surface area contributed by atoms with Crippen LogP contribution in [-0.2, 0) is 23.8 Å². The first-order chi connectivity index (χ1) is 33.6. The van der Waals surface area contributed by atoms with Crippen molar-refractivity contribution in [1.29, 1.82) is 0 Å². The largest absolute Gasteiger partial charge is 0.462 e. The van der Waals surface area contributed by atoms with Crippen LogP contribution in [0.4, 0.5) is 0 Å². The highest BCUT2D eigenvalue weighted by Crippen LogP contribution is 2.14. The molecule has 390 valence electrons. The zero-order chi connectivity index (χ0) is 49.2. The van der Waals surface area contributed by atoms with E-state index in [9.17, 15) is 9.59 Å². The first-order valence-electron chi connectivity index (χ1n) is 28.8. The summed E-state index contributed by atoms with van der Waals surface area (Å²) in [5, 5.41) is 0. The molecule has 0 N–H and O–H groups in total. The molecule has 0 aromatic carbocycles. The van der Waals surface area contributed by atoms with Crippen LogP contribution in [-0.4, -0.2) is 37.9 Å². The molecule has 0 saturated heterocycles. The Labute approximate surface area is 422 Å². The average Bonchev–Trinajstić information content (AvgIpc) is 3.34. The van der Waals surface area contributed by atoms with Gasteiger partial charge < -0.3 is 14.2 Å². The van der Waals surface area contributed by atoms with Crippen LogP contribution in [0.5, 0.6) is 0 Å². The summed E-state index contributed by atoms with van der Waals surface area (Å²) in [5.74, 6) is -0.428. The van der Waals surface area contributed by atoms with Crippen molar-refractivity contribution in [2.24, 2.45) is 0 Å². The number of unbranched alkanes of at least 4 members (excludes halogenated alkanes) is 25. The van der Waals surface area contributed by atoms with Crippen molar-refractivity contribution >= 4 is 11.9 Å². The molecule has 0 spiro atoms. The summed E-state index contributed by atoms with van der Waals surface area (Å²) in [6.07, 6.45) is 78.5. The zero-order valence-corrected chi connectivity index (χ0v) is 44.8. The maximum atomic E-state index is 12.9. The molecule has 0 aromatic heterocycles. The molecule has 0 bridgehead atoms. The molecule has 1 atom stereocenters. The van der Waals surface area contributed by atoms with Gasteiger partial charge in [0.1, 0.15) is 6.61 Å². The van der Waals surface area contributed by atoms with Gasteiger partial charge in [-0.25, -0.2) is 0 Å². The van der Waals surface area contributed by atoms with Gasteiger partial charge in [-0.15, -0.1) is 0 Å². The number of hydrogen-bond acceptors (Lipinski definition) is 5. The smallest absolute Gasteiger partial charge is 0.306 e. The molecule has 0 saturated carbocycles. The van der Waals surface area contributed by atoms with Crippen molar-refractivity contribution in [1.82, 2.24) is 0 Å². The van der Waals surface area contributed by atoms with Crippen molar-refractivity contribution in [2.45, 2.75) is 271 Å². The van der Waals surface area contributed by atoms with Crippen molar-refractivity contribution in [3.63, 3.8) is 0 Å². The molecule has 0 fully saturated rings. The molecule has 5 heteroatoms. The van der Waals surface area contributed by atoms with Crippen molar-refractivity contribution < 1.29 is 23.8 Å². The number of ether oxygens (including phenoxy) is 3. The summed E-state index contributed by atoms with van der Waals surface area (Å²) in [7, 11) is 0. The van der Waals surface area contributed by atoms with E-state index in [1.807, 2.05) is 0 Å². The summed E-state index contributed by atoms with van der Waals surface area (Å²) in [6.45, 7) is 7.61. The average molecular weight is 946 g/mol. The van der Waals surface area contributed by atoms with Crippen LogP contribution in [0.3, 0.4) is 0 Å². The number of hydrogen-bond donors (Lipinski definition) is 0. The molecule has 0 radical (unpaired) electrons. The normalized spacial score (nSPS) is 12.9. The first kappa shape index (κ1) is 64.8. The number of carbonyl (C=O) groups excluding carboxylic acids is 2. The number of allylic oxidation sites excluding steroid dienone is 16. The summed E-state index contributed by atoms with van der Waals surface area (Å²) < 4.78 is 17.4. The van der Waals surface area contributed by atoms with E-state index in [-0.39, 0.29) is 25.2 Å². The fourth-order valence-electron chi connectivity index (χ4n) is 7.80. The lowest BCUT2D eigenvalue weighted by atomic mass is 10.1. The van der Waals surface area contributed by atoms with Crippen LogP contribution in [0.1, 0.15) is 265 Å². The minimum absolute atomic E-state index is 0.0633. The van der Waals surface area contributed by atoms with E-state index in [4.69, 9.17) is 14.2 Å². The van der Waals surface area contributed by atoms with E-state index >= 15 is 0 Å². The van der Waals surface area contributed by atoms with Gasteiger partial charge in [0.15, 0.2) is 6.10 Å². The topological polar surface area (TPSA) is 61.8 Å². The summed E-state index contributed by atoms with van der Waals surface area (Å²) in [4.78, 5) is 25.5. The monoisotopic (exact) mass is 945 g/mol. The van der Waals surface area contributed by atoms with Gasteiger partial charge in [0.05, 0.1) is 6.61 Å². The van der Waals surface area contributed by atoms with Gasteiger partial charge in [-0.05, 0) is 122 Å². The standard InChI is InChI=1S/C63H108O5/c1-4-7-10-13-16-19-22-25-28-30-32-34-36-38-41-44-47-50-53-56-62(64)67-60-61(59-66-58-55-52-49-46-43-40-27-24-21-18-15-12-9-6-3)68-63(65)57-54-51-48-45-42-39-37-35-33-31-29-26-23-20-17-14-11-8-5-2/h9,12,16-21,25-29,32,34,40,61H,4-8,10-11,13-15,22-24,30-31,33,35-39,41-60H2,1-3H3/b12-9-,19-16-,20-17-,21-18-,28-25-,29-26-,34-32-,40-27-. The van der Waals surface area contributed by atoms with Gasteiger partial charge in [-0.1, -0.05) is 227 Å². The van der Waals surface area contributed by atoms with Crippen LogP contribution < -0.4 is 0 Å². The molecular formula is C63H108O5. The lowest BCUT2D eigenvalue weighted by Gasteiger charge is -2.18. The summed E-state index contributed by atoms with van der Waals surface area (Å²) >= 11 is 0. The quantitative estimate of drug-likeness (QED) is 0.0345. The second-order valence-electron chi connectivity index (χ2n) is 18.8. The Balaban J connectivity index is 4.33. The van der Waals surface area contributed by atoms with Crippen molar-refractivity contribution in [3.05, 3.63) is 97.2 Å². The molecule has 0 heterocycles. The molecule has 5 nitrogen and oxygen atoms in total. The van der Waals surface area contributed by atoms with Gasteiger partial charge in [-0.3, -0.25) is 9.59 Å². The third-order valence-electron chi connectivity index (χ3n) is 12.1. The van der Waals surface area contributed by atoms with E-state index in [0.717, 1.165) is 103 Å². The Kier molecular flexibility index (Phi) is 55.4. The second-order valence-corrected chi connectivity index (χ2v) is 18.8. The number of carbonyl (C=O) groups is 2. The van der Waals surface area contributed by atoms with Crippen LogP contribution in [0, 0.1) is 0 Å². The van der Waals surface area contributed by atoms with E-state index in [0.29, 0.717) is 19.4 Å². The summed E-state index contributed by atoms with van der Waals surface area (Å²) in [6, 6.07) is 0. The minimum atomic E-state index is -0.562. The molecule has 0 aromatic rings. The van der Waals surface area contributed by atoms with Gasteiger partial charge >= 0.3 is 11.9 Å². The predicted molar refractivity (Wildman–Crippen MR) is 297 cm³/mol. The van der Waals surface area contributed by atoms with Gasteiger partial charge in [0.25, 0.3) is 0 Å². The molecule has 0 aliphatic heterocycles. The van der Waals surface area contributed by atoms with Crippen LogP contribution in [0.15, 0.2) is 97.2 Å². The van der Waals surface area contributed by atoms with Crippen molar-refractivity contribution in [2.75, 3.05) is 19.8 Å². The molecular weight excluding hydrogens is 837 g/mol. The van der Waals surface area contributed by atoms with Crippen LogP contribution in [0.25, 0.3) is 0 Å². The maximum absolute atomic E-state index is 12.9. The Morgan fingerprint density at radius 1 is 0.338 bits per heavy atom. The van der Waals surface area contributed by atoms with Crippen LogP contribution >= 0.6 is 0 Å². The zero-order valence-electron chi connectivity index (χ0n) is 44.8. The Hall–Kier alpha value is -3.18. The molecule has 1 unspecified atom stereocenters. The molecule has 68 heavy (non-hydrogen) atoms. The summed E-state index contributed by atoms with van der Waals surface area (Å²) in [5.41, 5.74) is 0. The predicted octanol–water partition coefficient (Wildman–Crippen LogP) is 19.8. The highest BCUT2D eigenvalue weighted by atomic mass is 16.6. The lowest BCUT2D eigenvalue weighted by molar-refractivity contribution is -0.163. The van der Waals surface area contributed by atoms with E-state index in [1.54, 1.807) is 0 Å². The maximum Gasteiger partial charge on any atom is 0.306 e. The molecule has 0 rings (SSSR count). The second kappa shape index (κ2) is 58.1. The fraction of sp³-hybridized carbons (Fsp3) is 0.714. The third kappa shape index (κ3) is 55.4. The van der Waals surface area contributed by atoms with Gasteiger partial charge in [-0.2, -0.15) is 0 Å². The molecule has 0 aliphatic carbocycles. The van der Waals surface area contributed by atoms with Gasteiger partial charge in [0, 0.05) is 19.4 Å². The number of rotatable bonds is 52.